The van der Waals surface area contributed by atoms with Crippen molar-refractivity contribution in [2.24, 2.45) is 0 Å². The Hall–Kier alpha value is -1.65. The summed E-state index contributed by atoms with van der Waals surface area (Å²) in [6, 6.07) is 11.7. The Morgan fingerprint density at radius 2 is 1.85 bits per heavy atom. The van der Waals surface area contributed by atoms with Gasteiger partial charge in [-0.3, -0.25) is 9.59 Å². The normalized spacial score (nSPS) is 10.2. The molecule has 0 aliphatic heterocycles. The first-order valence-electron chi connectivity index (χ1n) is 5.85. The molecule has 1 N–H and O–H groups in total. The van der Waals surface area contributed by atoms with E-state index in [2.05, 4.69) is 21.2 Å². The van der Waals surface area contributed by atoms with Crippen LogP contribution in [0.2, 0.25) is 5.02 Å². The van der Waals surface area contributed by atoms with Crippen LogP contribution in [0.15, 0.2) is 46.9 Å². The number of carbonyl (C=O) groups excluding carboxylic acids is 2. The van der Waals surface area contributed by atoms with Gasteiger partial charge in [0.05, 0.1) is 5.02 Å². The fourth-order valence-corrected chi connectivity index (χ4v) is 2.15. The summed E-state index contributed by atoms with van der Waals surface area (Å²) in [4.78, 5) is 23.4. The predicted octanol–water partition coefficient (Wildman–Crippen LogP) is 4.56. The molecular formula is C15H11BrClNO2. The number of nitrogens with one attached hydrogen (secondary N) is 1. The van der Waals surface area contributed by atoms with Gasteiger partial charge in [-0.2, -0.15) is 0 Å². The van der Waals surface area contributed by atoms with Gasteiger partial charge in [-0.15, -0.1) is 0 Å². The molecule has 0 saturated heterocycles. The molecule has 0 bridgehead atoms. The number of hydrogen-bond acceptors (Lipinski definition) is 2. The third kappa shape index (κ3) is 3.46. The minimum absolute atomic E-state index is 0.0460. The molecule has 102 valence electrons. The zero-order valence-electron chi connectivity index (χ0n) is 10.6. The number of rotatable bonds is 3. The summed E-state index contributed by atoms with van der Waals surface area (Å²) in [7, 11) is 0. The van der Waals surface area contributed by atoms with E-state index in [1.165, 1.54) is 6.92 Å². The van der Waals surface area contributed by atoms with Gasteiger partial charge in [-0.25, -0.2) is 0 Å². The largest absolute Gasteiger partial charge is 0.322 e. The lowest BCUT2D eigenvalue weighted by molar-refractivity contribution is 0.101. The Kier molecular flexibility index (Phi) is 4.57. The molecule has 2 rings (SSSR count). The smallest absolute Gasteiger partial charge is 0.255 e. The molecule has 0 unspecified atom stereocenters. The number of anilines is 1. The fourth-order valence-electron chi connectivity index (χ4n) is 1.66. The van der Waals surface area contributed by atoms with Crippen LogP contribution in [0.25, 0.3) is 0 Å². The molecule has 0 fully saturated rings. The Balaban J connectivity index is 2.21. The first-order valence-corrected chi connectivity index (χ1v) is 7.02. The minimum atomic E-state index is -0.261. The van der Waals surface area contributed by atoms with Gasteiger partial charge in [0, 0.05) is 21.3 Å². The first kappa shape index (κ1) is 14.8. The van der Waals surface area contributed by atoms with Crippen LogP contribution >= 0.6 is 27.5 Å². The predicted molar refractivity (Wildman–Crippen MR) is 83.6 cm³/mol. The van der Waals surface area contributed by atoms with E-state index in [4.69, 9.17) is 11.6 Å². The summed E-state index contributed by atoms with van der Waals surface area (Å²) >= 11 is 9.16. The minimum Gasteiger partial charge on any atom is -0.322 e. The number of Topliss-reactive ketones (excluding diaryl/α,β-unsaturated/α-hetero) is 1. The maximum absolute atomic E-state index is 12.1. The van der Waals surface area contributed by atoms with Crippen LogP contribution in [-0.4, -0.2) is 11.7 Å². The molecular weight excluding hydrogens is 342 g/mol. The van der Waals surface area contributed by atoms with Crippen LogP contribution in [0, 0.1) is 0 Å². The van der Waals surface area contributed by atoms with Crippen LogP contribution in [0.5, 0.6) is 0 Å². The summed E-state index contributed by atoms with van der Waals surface area (Å²) < 4.78 is 0.657. The van der Waals surface area contributed by atoms with Crippen LogP contribution in [0.1, 0.15) is 27.6 Å². The molecule has 5 heteroatoms. The van der Waals surface area contributed by atoms with Gasteiger partial charge in [-0.05, 0) is 53.2 Å². The molecule has 20 heavy (non-hydrogen) atoms. The quantitative estimate of drug-likeness (QED) is 0.823. The Morgan fingerprint density at radius 3 is 2.50 bits per heavy atom. The van der Waals surface area contributed by atoms with Crippen molar-refractivity contribution in [2.75, 3.05) is 5.32 Å². The van der Waals surface area contributed by atoms with Gasteiger partial charge in [0.1, 0.15) is 0 Å². The van der Waals surface area contributed by atoms with Crippen molar-refractivity contribution in [3.05, 3.63) is 63.1 Å². The van der Waals surface area contributed by atoms with Gasteiger partial charge >= 0.3 is 0 Å². The summed E-state index contributed by atoms with van der Waals surface area (Å²) in [5.41, 5.74) is 1.61. The van der Waals surface area contributed by atoms with E-state index in [-0.39, 0.29) is 11.7 Å². The van der Waals surface area contributed by atoms with E-state index in [9.17, 15) is 9.59 Å². The fraction of sp³-hybridized carbons (Fsp3) is 0.0667. The average molecular weight is 353 g/mol. The number of ketones is 1. The SMILES string of the molecule is CC(=O)c1cccc(NC(=O)c2ccc(Cl)c(Br)c2)c1. The molecule has 3 nitrogen and oxygen atoms in total. The molecule has 1 amide bonds. The van der Waals surface area contributed by atoms with Crippen molar-refractivity contribution in [1.29, 1.82) is 0 Å². The molecule has 0 atom stereocenters. The third-order valence-corrected chi connectivity index (χ3v) is 3.92. The number of benzene rings is 2. The van der Waals surface area contributed by atoms with E-state index in [0.29, 0.717) is 26.3 Å². The van der Waals surface area contributed by atoms with E-state index in [1.807, 2.05) is 0 Å². The standard InChI is InChI=1S/C15H11BrClNO2/c1-9(19)10-3-2-4-12(7-10)18-15(20)11-5-6-14(17)13(16)8-11/h2-8H,1H3,(H,18,20). The van der Waals surface area contributed by atoms with Crippen molar-refractivity contribution in [2.45, 2.75) is 6.92 Å². The highest BCUT2D eigenvalue weighted by Gasteiger charge is 2.09. The molecule has 0 aliphatic rings. The molecule has 0 aromatic heterocycles. The highest BCUT2D eigenvalue weighted by atomic mass is 79.9. The van der Waals surface area contributed by atoms with Gasteiger partial charge in [0.2, 0.25) is 0 Å². The number of carbonyl (C=O) groups is 2. The van der Waals surface area contributed by atoms with Gasteiger partial charge in [-0.1, -0.05) is 23.7 Å². The van der Waals surface area contributed by atoms with Crippen molar-refractivity contribution in [3.8, 4) is 0 Å². The zero-order chi connectivity index (χ0) is 14.7. The lowest BCUT2D eigenvalue weighted by Gasteiger charge is -2.07. The van der Waals surface area contributed by atoms with Crippen molar-refractivity contribution < 1.29 is 9.59 Å². The zero-order valence-corrected chi connectivity index (χ0v) is 13.0. The van der Waals surface area contributed by atoms with Crippen molar-refractivity contribution >= 4 is 44.9 Å². The number of halogens is 2. The molecule has 0 aliphatic carbocycles. The molecule has 0 heterocycles. The maximum atomic E-state index is 12.1. The van der Waals surface area contributed by atoms with E-state index >= 15 is 0 Å². The van der Waals surface area contributed by atoms with E-state index < -0.39 is 0 Å². The highest BCUT2D eigenvalue weighted by molar-refractivity contribution is 9.10. The molecule has 2 aromatic carbocycles. The Labute approximate surface area is 130 Å². The lowest BCUT2D eigenvalue weighted by atomic mass is 10.1. The van der Waals surface area contributed by atoms with E-state index in [1.54, 1.807) is 42.5 Å². The van der Waals surface area contributed by atoms with Crippen LogP contribution in [0.4, 0.5) is 5.69 Å². The van der Waals surface area contributed by atoms with Crippen molar-refractivity contribution in [3.63, 3.8) is 0 Å². The van der Waals surface area contributed by atoms with Crippen LogP contribution < -0.4 is 5.32 Å². The molecule has 0 spiro atoms. The topological polar surface area (TPSA) is 46.2 Å². The average Bonchev–Trinajstić information content (AvgIpc) is 2.42. The van der Waals surface area contributed by atoms with Gasteiger partial charge in [0.25, 0.3) is 5.91 Å². The monoisotopic (exact) mass is 351 g/mol. The van der Waals surface area contributed by atoms with Crippen LogP contribution in [-0.2, 0) is 0 Å². The van der Waals surface area contributed by atoms with Crippen molar-refractivity contribution in [1.82, 2.24) is 0 Å². The molecule has 2 aromatic rings. The maximum Gasteiger partial charge on any atom is 0.255 e. The second kappa shape index (κ2) is 6.20. The van der Waals surface area contributed by atoms with E-state index in [0.717, 1.165) is 0 Å². The number of amides is 1. The summed E-state index contributed by atoms with van der Waals surface area (Å²) in [6.07, 6.45) is 0. The van der Waals surface area contributed by atoms with Crippen LogP contribution in [0.3, 0.4) is 0 Å². The number of hydrogen-bond donors (Lipinski definition) is 1. The molecule has 0 radical (unpaired) electrons. The van der Waals surface area contributed by atoms with Gasteiger partial charge in [0.15, 0.2) is 5.78 Å². The summed E-state index contributed by atoms with van der Waals surface area (Å²) in [5, 5.41) is 3.29. The third-order valence-electron chi connectivity index (χ3n) is 2.71. The summed E-state index contributed by atoms with van der Waals surface area (Å²) in [6.45, 7) is 1.48. The summed E-state index contributed by atoms with van der Waals surface area (Å²) in [5.74, 6) is -0.307. The highest BCUT2D eigenvalue weighted by Crippen LogP contribution is 2.23. The molecule has 0 saturated carbocycles. The lowest BCUT2D eigenvalue weighted by Crippen LogP contribution is -2.12. The van der Waals surface area contributed by atoms with Gasteiger partial charge < -0.3 is 5.32 Å². The second-order valence-electron chi connectivity index (χ2n) is 4.22. The Bertz CT molecular complexity index is 685. The second-order valence-corrected chi connectivity index (χ2v) is 5.48. The Morgan fingerprint density at radius 1 is 1.10 bits per heavy atom. The first-order chi connectivity index (χ1) is 9.47.